The Labute approximate surface area is 172 Å². The van der Waals surface area contributed by atoms with Gasteiger partial charge in [-0.05, 0) is 34.6 Å². The van der Waals surface area contributed by atoms with Crippen molar-refractivity contribution in [3.8, 4) is 0 Å². The zero-order valence-corrected chi connectivity index (χ0v) is 17.6. The summed E-state index contributed by atoms with van der Waals surface area (Å²) in [7, 11) is 0. The highest BCUT2D eigenvalue weighted by Gasteiger charge is 2.62. The molecule has 2 amide bonds. The zero-order chi connectivity index (χ0) is 21.0. The number of anilines is 1. The van der Waals surface area contributed by atoms with E-state index in [4.69, 9.17) is 23.7 Å². The lowest BCUT2D eigenvalue weighted by Gasteiger charge is -2.36. The minimum atomic E-state index is -1.02. The van der Waals surface area contributed by atoms with Gasteiger partial charge in [0.15, 0.2) is 29.1 Å². The molecule has 1 aromatic rings. The van der Waals surface area contributed by atoms with Crippen LogP contribution in [0.4, 0.5) is 5.13 Å². The number of aromatic nitrogens is 1. The van der Waals surface area contributed by atoms with Crippen LogP contribution in [0.15, 0.2) is 11.6 Å². The molecule has 4 rings (SSSR count). The number of nitrogens with one attached hydrogen (secondary N) is 2. The molecule has 11 heteroatoms. The maximum Gasteiger partial charge on any atom is 0.252 e. The summed E-state index contributed by atoms with van der Waals surface area (Å²) in [4.78, 5) is 29.3. The van der Waals surface area contributed by atoms with Crippen LogP contribution in [0.1, 0.15) is 34.6 Å². The molecule has 0 spiro atoms. The van der Waals surface area contributed by atoms with E-state index in [1.54, 1.807) is 46.2 Å². The van der Waals surface area contributed by atoms with Gasteiger partial charge in [-0.15, -0.1) is 11.3 Å². The number of rotatable bonds is 4. The van der Waals surface area contributed by atoms with Gasteiger partial charge in [-0.25, -0.2) is 4.98 Å². The first kappa shape index (κ1) is 20.6. The van der Waals surface area contributed by atoms with Gasteiger partial charge in [-0.1, -0.05) is 0 Å². The Hall–Kier alpha value is -1.63. The van der Waals surface area contributed by atoms with Gasteiger partial charge >= 0.3 is 0 Å². The van der Waals surface area contributed by atoms with E-state index in [-0.39, 0.29) is 5.91 Å². The third-order valence-electron chi connectivity index (χ3n) is 4.83. The van der Waals surface area contributed by atoms with Gasteiger partial charge in [-0.2, -0.15) is 0 Å². The van der Waals surface area contributed by atoms with Crippen molar-refractivity contribution in [3.05, 3.63) is 11.6 Å². The number of nitrogens with zero attached hydrogens (tertiary/aromatic N) is 1. The molecule has 2 N–H and O–H groups in total. The molecule has 0 bridgehead atoms. The Morgan fingerprint density at radius 2 is 1.72 bits per heavy atom. The summed E-state index contributed by atoms with van der Waals surface area (Å²) < 4.78 is 29.5. The summed E-state index contributed by atoms with van der Waals surface area (Å²) in [6, 6.07) is -0.807. The maximum absolute atomic E-state index is 13.0. The van der Waals surface area contributed by atoms with E-state index in [9.17, 15) is 9.59 Å². The Balaban J connectivity index is 1.46. The Morgan fingerprint density at radius 3 is 2.41 bits per heavy atom. The summed E-state index contributed by atoms with van der Waals surface area (Å²) in [6.45, 7) is 8.65. The van der Waals surface area contributed by atoms with Crippen molar-refractivity contribution in [1.29, 1.82) is 0 Å². The molecule has 4 heterocycles. The normalized spacial score (nSPS) is 35.4. The largest absolute Gasteiger partial charge is 0.342 e. The van der Waals surface area contributed by atoms with E-state index < -0.39 is 54.2 Å². The predicted molar refractivity (Wildman–Crippen MR) is 101 cm³/mol. The van der Waals surface area contributed by atoms with Crippen molar-refractivity contribution in [2.24, 2.45) is 0 Å². The fraction of sp³-hybridized carbons (Fsp3) is 0.722. The van der Waals surface area contributed by atoms with Gasteiger partial charge in [0.25, 0.3) is 5.91 Å². The van der Waals surface area contributed by atoms with Crippen molar-refractivity contribution in [2.75, 3.05) is 5.32 Å². The number of thiazole rings is 1. The van der Waals surface area contributed by atoms with E-state index in [0.717, 1.165) is 0 Å². The molecule has 160 valence electrons. The molecule has 0 unspecified atom stereocenters. The molecule has 0 aliphatic carbocycles. The molecule has 0 radical (unpaired) electrons. The van der Waals surface area contributed by atoms with Gasteiger partial charge in [0.1, 0.15) is 24.4 Å². The molecule has 0 aromatic carbocycles. The minimum absolute atomic E-state index is 0.385. The SMILES string of the molecule is C[C@H](NC(=O)[C@@H]1O[C@@H]2OC(C)(C)O[C@@H]2[C@@H]2OC(C)(C)O[C@@H]21)C(=O)Nc1nccs1. The first-order valence-corrected chi connectivity index (χ1v) is 10.3. The lowest BCUT2D eigenvalue weighted by Crippen LogP contribution is -2.60. The molecular formula is C18H25N3O7S. The number of carbonyl (C=O) groups is 2. The molecule has 6 atom stereocenters. The van der Waals surface area contributed by atoms with Crippen molar-refractivity contribution in [1.82, 2.24) is 10.3 Å². The standard InChI is InChI=1S/C18H25N3O7S/c1-8(13(22)21-16-19-6-7-29-16)20-14(23)11-9-10(26-17(2,3)25-9)12-15(24-11)28-18(4,5)27-12/h6-12,15H,1-5H3,(H,20,23)(H,19,21,22)/t8-,9-,10+,11+,12+,15+/m0/s1. The zero-order valence-electron chi connectivity index (χ0n) is 16.8. The summed E-state index contributed by atoms with van der Waals surface area (Å²) in [5.41, 5.74) is 0. The fourth-order valence-electron chi connectivity index (χ4n) is 3.68. The summed E-state index contributed by atoms with van der Waals surface area (Å²) >= 11 is 1.29. The lowest BCUT2D eigenvalue weighted by molar-refractivity contribution is -0.231. The summed E-state index contributed by atoms with van der Waals surface area (Å²) in [6.07, 6.45) is -1.97. The second-order valence-corrected chi connectivity index (χ2v) is 9.04. The first-order chi connectivity index (χ1) is 13.5. The second kappa shape index (κ2) is 7.25. The smallest absolute Gasteiger partial charge is 0.252 e. The number of ether oxygens (including phenoxy) is 5. The van der Waals surface area contributed by atoms with Crippen LogP contribution < -0.4 is 10.6 Å². The molecular weight excluding hydrogens is 402 g/mol. The Morgan fingerprint density at radius 1 is 1.07 bits per heavy atom. The van der Waals surface area contributed by atoms with Gasteiger partial charge in [0.2, 0.25) is 5.91 Å². The van der Waals surface area contributed by atoms with E-state index in [0.29, 0.717) is 5.13 Å². The molecule has 29 heavy (non-hydrogen) atoms. The number of hydrogen-bond donors (Lipinski definition) is 2. The minimum Gasteiger partial charge on any atom is -0.342 e. The summed E-state index contributed by atoms with van der Waals surface area (Å²) in [5.74, 6) is -2.66. The van der Waals surface area contributed by atoms with Gasteiger partial charge in [0, 0.05) is 11.6 Å². The Kier molecular flexibility index (Phi) is 5.16. The lowest BCUT2D eigenvalue weighted by atomic mass is 9.98. The highest BCUT2D eigenvalue weighted by Crippen LogP contribution is 2.44. The molecule has 3 saturated heterocycles. The second-order valence-electron chi connectivity index (χ2n) is 8.15. The van der Waals surface area contributed by atoms with Gasteiger partial charge in [-0.3, -0.25) is 9.59 Å². The van der Waals surface area contributed by atoms with E-state index in [1.807, 2.05) is 0 Å². The van der Waals surface area contributed by atoms with E-state index >= 15 is 0 Å². The van der Waals surface area contributed by atoms with E-state index in [1.165, 1.54) is 11.3 Å². The molecule has 1 aromatic heterocycles. The average Bonchev–Trinajstić information content (AvgIpc) is 3.29. The van der Waals surface area contributed by atoms with Crippen molar-refractivity contribution < 1.29 is 33.3 Å². The van der Waals surface area contributed by atoms with Gasteiger partial charge in [0.05, 0.1) is 0 Å². The van der Waals surface area contributed by atoms with Crippen LogP contribution in [0.25, 0.3) is 0 Å². The predicted octanol–water partition coefficient (Wildman–Crippen LogP) is 0.983. The third-order valence-corrected chi connectivity index (χ3v) is 5.52. The van der Waals surface area contributed by atoms with Crippen LogP contribution >= 0.6 is 11.3 Å². The van der Waals surface area contributed by atoms with Crippen LogP contribution in [0.3, 0.4) is 0 Å². The number of fused-ring (bicyclic) bond motifs is 3. The third kappa shape index (κ3) is 4.16. The van der Waals surface area contributed by atoms with Crippen LogP contribution in [0.5, 0.6) is 0 Å². The van der Waals surface area contributed by atoms with E-state index in [2.05, 4.69) is 15.6 Å². The summed E-state index contributed by atoms with van der Waals surface area (Å²) in [5, 5.41) is 7.53. The molecule has 0 saturated carbocycles. The van der Waals surface area contributed by atoms with Crippen LogP contribution in [0, 0.1) is 0 Å². The van der Waals surface area contributed by atoms with Crippen molar-refractivity contribution in [2.45, 2.75) is 82.9 Å². The van der Waals surface area contributed by atoms with Crippen LogP contribution in [-0.4, -0.2) is 65.1 Å². The van der Waals surface area contributed by atoms with Crippen LogP contribution in [0.2, 0.25) is 0 Å². The Bertz CT molecular complexity index is 784. The van der Waals surface area contributed by atoms with Gasteiger partial charge < -0.3 is 34.3 Å². The molecule has 3 fully saturated rings. The quantitative estimate of drug-likeness (QED) is 0.730. The first-order valence-electron chi connectivity index (χ1n) is 9.42. The highest BCUT2D eigenvalue weighted by molar-refractivity contribution is 7.13. The maximum atomic E-state index is 13.0. The number of amides is 2. The number of hydrogen-bond acceptors (Lipinski definition) is 9. The van der Waals surface area contributed by atoms with Crippen molar-refractivity contribution >= 4 is 28.3 Å². The number of carbonyl (C=O) groups excluding carboxylic acids is 2. The average molecular weight is 427 g/mol. The molecule has 3 aliphatic rings. The fourth-order valence-corrected chi connectivity index (χ4v) is 4.22. The highest BCUT2D eigenvalue weighted by atomic mass is 32.1. The molecule has 10 nitrogen and oxygen atoms in total. The monoisotopic (exact) mass is 427 g/mol. The van der Waals surface area contributed by atoms with Crippen molar-refractivity contribution in [3.63, 3.8) is 0 Å². The molecule has 3 aliphatic heterocycles. The topological polar surface area (TPSA) is 117 Å². The van der Waals surface area contributed by atoms with Crippen LogP contribution in [-0.2, 0) is 33.3 Å².